The van der Waals surface area contributed by atoms with E-state index < -0.39 is 15.6 Å². The largest absolute Gasteiger partial charge is 0.338 e. The number of aromatic nitrogens is 2. The maximum absolute atomic E-state index is 13.7. The molecular formula is C31H30Cl2N4O4S. The number of hydrogen-bond donors (Lipinski definition) is 0. The molecule has 1 fully saturated rings. The topological polar surface area (TPSA) is 84.6 Å². The molecule has 8 nitrogen and oxygen atoms in total. The molecular weight excluding hydrogens is 595 g/mol. The highest BCUT2D eigenvalue weighted by molar-refractivity contribution is 7.92. The molecule has 1 aliphatic rings. The van der Waals surface area contributed by atoms with Crippen LogP contribution >= 0.6 is 23.2 Å². The van der Waals surface area contributed by atoms with Crippen molar-refractivity contribution in [3.05, 3.63) is 116 Å². The third-order valence-electron chi connectivity index (χ3n) is 7.59. The molecule has 3 aromatic carbocycles. The van der Waals surface area contributed by atoms with Gasteiger partial charge in [0.15, 0.2) is 0 Å². The third kappa shape index (κ3) is 5.64. The lowest BCUT2D eigenvalue weighted by atomic mass is 10.00. The second-order valence-corrected chi connectivity index (χ2v) is 13.0. The van der Waals surface area contributed by atoms with Gasteiger partial charge in [0.1, 0.15) is 5.69 Å². The number of sulfonamides is 1. The molecule has 42 heavy (non-hydrogen) atoms. The van der Waals surface area contributed by atoms with Crippen molar-refractivity contribution in [2.75, 3.05) is 24.4 Å². The molecule has 0 saturated carbocycles. The molecule has 0 bridgehead atoms. The van der Waals surface area contributed by atoms with E-state index in [-0.39, 0.29) is 22.1 Å². The molecule has 0 spiro atoms. The first-order chi connectivity index (χ1) is 20.0. The molecule has 0 radical (unpaired) electrons. The van der Waals surface area contributed by atoms with Gasteiger partial charge in [-0.1, -0.05) is 59.1 Å². The highest BCUT2D eigenvalue weighted by Gasteiger charge is 2.30. The number of hydrogen-bond acceptors (Lipinski definition) is 4. The summed E-state index contributed by atoms with van der Waals surface area (Å²) in [6.07, 6.45) is 3.34. The molecule has 218 valence electrons. The minimum Gasteiger partial charge on any atom is -0.338 e. The summed E-state index contributed by atoms with van der Waals surface area (Å²) >= 11 is 12.4. The van der Waals surface area contributed by atoms with Gasteiger partial charge in [0.05, 0.1) is 16.3 Å². The minimum absolute atomic E-state index is 0.0354. The van der Waals surface area contributed by atoms with Crippen LogP contribution in [0.25, 0.3) is 11.8 Å². The number of carbonyl (C=O) groups is 1. The zero-order chi connectivity index (χ0) is 30.2. The monoisotopic (exact) mass is 624 g/mol. The summed E-state index contributed by atoms with van der Waals surface area (Å²) in [7, 11) is -1.10. The van der Waals surface area contributed by atoms with Crippen LogP contribution in [0.5, 0.6) is 0 Å². The summed E-state index contributed by atoms with van der Waals surface area (Å²) in [5.41, 5.74) is 2.93. The summed E-state index contributed by atoms with van der Waals surface area (Å²) < 4.78 is 31.5. The predicted molar refractivity (Wildman–Crippen MR) is 167 cm³/mol. The summed E-state index contributed by atoms with van der Waals surface area (Å²) in [5, 5.41) is 1.21. The number of piperidine rings is 1. The van der Waals surface area contributed by atoms with Crippen molar-refractivity contribution < 1.29 is 13.2 Å². The number of carbonyl (C=O) groups excluding carboxylic acids is 1. The zero-order valence-corrected chi connectivity index (χ0v) is 25.7. The van der Waals surface area contributed by atoms with Crippen LogP contribution < -0.4 is 9.86 Å². The van der Waals surface area contributed by atoms with Crippen molar-refractivity contribution >= 4 is 50.9 Å². The van der Waals surface area contributed by atoms with E-state index in [1.807, 2.05) is 18.2 Å². The highest BCUT2D eigenvalue weighted by Crippen LogP contribution is 2.28. The van der Waals surface area contributed by atoms with Crippen LogP contribution in [-0.2, 0) is 17.1 Å². The Kier molecular flexibility index (Phi) is 8.37. The summed E-state index contributed by atoms with van der Waals surface area (Å²) in [4.78, 5) is 28.5. The van der Waals surface area contributed by atoms with Crippen LogP contribution in [0.15, 0.2) is 88.1 Å². The van der Waals surface area contributed by atoms with Gasteiger partial charge in [0.2, 0.25) is 0 Å². The first kappa shape index (κ1) is 29.7. The molecule has 2 heterocycles. The second-order valence-electron chi connectivity index (χ2n) is 10.2. The molecule has 1 saturated heterocycles. The molecule has 0 aliphatic carbocycles. The number of rotatable bonds is 6. The van der Waals surface area contributed by atoms with E-state index in [9.17, 15) is 18.0 Å². The molecule has 0 N–H and O–H groups in total. The Balaban J connectivity index is 1.36. The van der Waals surface area contributed by atoms with Crippen LogP contribution in [0.3, 0.4) is 0 Å². The van der Waals surface area contributed by atoms with Crippen LogP contribution in [0.4, 0.5) is 5.69 Å². The number of likely N-dealkylation sites (tertiary alicyclic amines) is 1. The van der Waals surface area contributed by atoms with Crippen LogP contribution in [0.1, 0.15) is 34.5 Å². The summed E-state index contributed by atoms with van der Waals surface area (Å²) in [5.74, 6) is -0.253. The van der Waals surface area contributed by atoms with Crippen molar-refractivity contribution in [1.82, 2.24) is 14.3 Å². The van der Waals surface area contributed by atoms with Gasteiger partial charge < -0.3 is 4.90 Å². The van der Waals surface area contributed by atoms with Crippen molar-refractivity contribution in [3.8, 4) is 5.69 Å². The number of amides is 1. The molecule has 1 amide bonds. The van der Waals surface area contributed by atoms with Crippen molar-refractivity contribution in [3.63, 3.8) is 0 Å². The average molecular weight is 626 g/mol. The van der Waals surface area contributed by atoms with E-state index >= 15 is 0 Å². The van der Waals surface area contributed by atoms with Crippen LogP contribution in [0.2, 0.25) is 10.0 Å². The zero-order valence-electron chi connectivity index (χ0n) is 23.4. The first-order valence-corrected chi connectivity index (χ1v) is 15.6. The van der Waals surface area contributed by atoms with E-state index in [2.05, 4.69) is 0 Å². The number of nitrogens with zero attached hydrogens (tertiary/aromatic N) is 4. The fourth-order valence-corrected chi connectivity index (χ4v) is 6.80. The van der Waals surface area contributed by atoms with E-state index in [1.54, 1.807) is 72.1 Å². The van der Waals surface area contributed by atoms with Gasteiger partial charge in [-0.3, -0.25) is 18.6 Å². The quantitative estimate of drug-likeness (QED) is 0.266. The smallest absolute Gasteiger partial charge is 0.296 e. The SMILES string of the molecule is Cc1c(N(C)S(=O)(=O)c2cccc(C(=O)N3CCC(=Cc4cc(Cl)ccc4Cl)CC3)c2)c(=O)n(-c2ccccc2)n1C. The lowest BCUT2D eigenvalue weighted by molar-refractivity contribution is 0.0743. The Hall–Kier alpha value is -3.79. The lowest BCUT2D eigenvalue weighted by Crippen LogP contribution is -2.36. The van der Waals surface area contributed by atoms with Gasteiger partial charge in [-0.05, 0) is 73.9 Å². The Morgan fingerprint density at radius 2 is 1.64 bits per heavy atom. The average Bonchev–Trinajstić information content (AvgIpc) is 3.22. The summed E-state index contributed by atoms with van der Waals surface area (Å²) in [6, 6.07) is 20.3. The van der Waals surface area contributed by atoms with Crippen molar-refractivity contribution in [1.29, 1.82) is 0 Å². The highest BCUT2D eigenvalue weighted by atomic mass is 35.5. The van der Waals surface area contributed by atoms with E-state index in [1.165, 1.54) is 23.9 Å². The Bertz CT molecular complexity index is 1850. The van der Waals surface area contributed by atoms with Gasteiger partial charge in [-0.2, -0.15) is 0 Å². The van der Waals surface area contributed by atoms with E-state index in [4.69, 9.17) is 23.2 Å². The molecule has 1 aromatic heterocycles. The molecule has 4 aromatic rings. The van der Waals surface area contributed by atoms with E-state index in [0.717, 1.165) is 15.4 Å². The lowest BCUT2D eigenvalue weighted by Gasteiger charge is -2.29. The van der Waals surface area contributed by atoms with Gasteiger partial charge in [0.25, 0.3) is 21.5 Å². The van der Waals surface area contributed by atoms with Crippen molar-refractivity contribution in [2.45, 2.75) is 24.7 Å². The molecule has 0 unspecified atom stereocenters. The van der Waals surface area contributed by atoms with E-state index in [0.29, 0.717) is 47.4 Å². The van der Waals surface area contributed by atoms with Gasteiger partial charge >= 0.3 is 0 Å². The maximum atomic E-state index is 13.7. The first-order valence-electron chi connectivity index (χ1n) is 13.4. The molecule has 11 heteroatoms. The van der Waals surface area contributed by atoms with Crippen LogP contribution in [-0.4, -0.2) is 48.7 Å². The number of benzene rings is 3. The Morgan fingerprint density at radius 1 is 0.952 bits per heavy atom. The minimum atomic E-state index is -4.16. The third-order valence-corrected chi connectivity index (χ3v) is 9.92. The molecule has 5 rings (SSSR count). The van der Waals surface area contributed by atoms with Gasteiger partial charge in [-0.15, -0.1) is 0 Å². The number of anilines is 1. The maximum Gasteiger partial charge on any atom is 0.296 e. The second kappa shape index (κ2) is 11.8. The Labute approximate surface area is 255 Å². The van der Waals surface area contributed by atoms with Gasteiger partial charge in [-0.25, -0.2) is 13.1 Å². The molecule has 0 atom stereocenters. The molecule has 1 aliphatic heterocycles. The number of para-hydroxylation sites is 1. The fraction of sp³-hybridized carbons (Fsp3) is 0.226. The Morgan fingerprint density at radius 3 is 2.33 bits per heavy atom. The normalized spacial score (nSPS) is 13.7. The predicted octanol–water partition coefficient (Wildman–Crippen LogP) is 5.94. The summed E-state index contributed by atoms with van der Waals surface area (Å²) in [6.45, 7) is 2.67. The fourth-order valence-electron chi connectivity index (χ4n) is 5.15. The van der Waals surface area contributed by atoms with Crippen LogP contribution in [0, 0.1) is 6.92 Å². The van der Waals surface area contributed by atoms with Crippen molar-refractivity contribution in [2.24, 2.45) is 7.05 Å². The number of halogens is 2. The standard InChI is InChI=1S/C31H30Cl2N4O4S/c1-21-29(31(39)37(34(21)2)26-9-5-4-6-10-26)35(3)42(40,41)27-11-7-8-23(20-27)30(38)36-16-14-22(15-17-36)18-24-19-25(32)12-13-28(24)33/h4-13,18-20H,14-17H2,1-3H3. The van der Waals surface area contributed by atoms with Gasteiger partial charge in [0, 0.05) is 42.8 Å².